The number of rotatable bonds is 2. The Morgan fingerprint density at radius 1 is 1.31 bits per heavy atom. The lowest BCUT2D eigenvalue weighted by Gasteiger charge is -2.06. The Balaban J connectivity index is 0. The average molecular weight is 179 g/mol. The molecule has 0 heterocycles. The van der Waals surface area contributed by atoms with Gasteiger partial charge >= 0.3 is 0 Å². The van der Waals surface area contributed by atoms with Crippen molar-refractivity contribution < 1.29 is 1.43 Å². The molecular weight excluding hydrogens is 158 g/mol. The molecule has 0 bridgehead atoms. The lowest BCUT2D eigenvalue weighted by Crippen LogP contribution is -1.91. The molecule has 0 radical (unpaired) electrons. The van der Waals surface area contributed by atoms with Crippen molar-refractivity contribution in [1.29, 1.82) is 0 Å². The monoisotopic (exact) mass is 179 g/mol. The molecule has 0 unspecified atom stereocenters. The van der Waals surface area contributed by atoms with Gasteiger partial charge in [-0.05, 0) is 24.1 Å². The van der Waals surface area contributed by atoms with Gasteiger partial charge in [0.15, 0.2) is 0 Å². The molecule has 74 valence electrons. The van der Waals surface area contributed by atoms with Crippen LogP contribution in [0.25, 0.3) is 5.57 Å². The first-order valence-electron chi connectivity index (χ1n) is 4.68. The number of hydrogen-bond donors (Lipinski definition) is 1. The lowest BCUT2D eigenvalue weighted by atomic mass is 10.1. The number of para-hydroxylation sites is 1. The fourth-order valence-corrected chi connectivity index (χ4v) is 1.07. The van der Waals surface area contributed by atoms with Crippen LogP contribution in [0.2, 0.25) is 0 Å². The summed E-state index contributed by atoms with van der Waals surface area (Å²) in [7, 11) is 1.92. The van der Waals surface area contributed by atoms with Gasteiger partial charge in [-0.1, -0.05) is 38.6 Å². The van der Waals surface area contributed by atoms with E-state index >= 15 is 0 Å². The number of hydrogen-bond acceptors (Lipinski definition) is 1. The third kappa shape index (κ3) is 3.32. The summed E-state index contributed by atoms with van der Waals surface area (Å²) >= 11 is 0. The zero-order chi connectivity index (χ0) is 10.3. The molecule has 0 saturated heterocycles. The van der Waals surface area contributed by atoms with Gasteiger partial charge in [-0.25, -0.2) is 0 Å². The Kier molecular flexibility index (Phi) is 5.69. The van der Waals surface area contributed by atoms with E-state index in [9.17, 15) is 0 Å². The summed E-state index contributed by atoms with van der Waals surface area (Å²) in [5.41, 5.74) is 3.42. The molecule has 0 aliphatic heterocycles. The van der Waals surface area contributed by atoms with Crippen LogP contribution in [0.5, 0.6) is 0 Å². The third-order valence-electron chi connectivity index (χ3n) is 1.66. The van der Waals surface area contributed by atoms with Crippen LogP contribution in [-0.4, -0.2) is 7.05 Å². The highest BCUT2D eigenvalue weighted by molar-refractivity contribution is 5.73. The van der Waals surface area contributed by atoms with Gasteiger partial charge in [-0.2, -0.15) is 0 Å². The molecule has 1 N–H and O–H groups in total. The molecule has 0 saturated carbocycles. The number of allylic oxidation sites excluding steroid dienone is 1. The fourth-order valence-electron chi connectivity index (χ4n) is 1.07. The van der Waals surface area contributed by atoms with Crippen molar-refractivity contribution >= 4 is 11.3 Å². The first-order chi connectivity index (χ1) is 6.25. The smallest absolute Gasteiger partial charge is 0.0413 e. The van der Waals surface area contributed by atoms with E-state index in [1.807, 2.05) is 46.0 Å². The molecule has 0 aliphatic carbocycles. The quantitative estimate of drug-likeness (QED) is 0.722. The van der Waals surface area contributed by atoms with Crippen molar-refractivity contribution in [2.75, 3.05) is 12.4 Å². The van der Waals surface area contributed by atoms with Crippen molar-refractivity contribution in [1.82, 2.24) is 0 Å². The molecule has 0 aliphatic rings. The van der Waals surface area contributed by atoms with Crippen LogP contribution in [-0.2, 0) is 0 Å². The topological polar surface area (TPSA) is 12.0 Å². The maximum Gasteiger partial charge on any atom is 0.0413 e. The van der Waals surface area contributed by atoms with E-state index in [0.29, 0.717) is 0 Å². The molecule has 0 amide bonds. The Hall–Kier alpha value is -1.24. The van der Waals surface area contributed by atoms with Crippen molar-refractivity contribution in [3.05, 3.63) is 36.4 Å². The Morgan fingerprint density at radius 2 is 1.85 bits per heavy atom. The fraction of sp³-hybridized carbons (Fsp3) is 0.333. The molecular formula is C12H21N. The van der Waals surface area contributed by atoms with Crippen LogP contribution in [0.15, 0.2) is 30.8 Å². The number of benzene rings is 1. The van der Waals surface area contributed by atoms with Crippen LogP contribution >= 0.6 is 0 Å². The highest BCUT2D eigenvalue weighted by Crippen LogP contribution is 2.20. The van der Waals surface area contributed by atoms with Crippen molar-refractivity contribution in [2.24, 2.45) is 0 Å². The molecule has 1 nitrogen and oxygen atoms in total. The molecule has 0 fully saturated rings. The van der Waals surface area contributed by atoms with Gasteiger partial charge in [0, 0.05) is 14.2 Å². The van der Waals surface area contributed by atoms with E-state index in [1.54, 1.807) is 0 Å². The van der Waals surface area contributed by atoms with E-state index in [4.69, 9.17) is 0 Å². The highest BCUT2D eigenvalue weighted by atomic mass is 14.8. The lowest BCUT2D eigenvalue weighted by molar-refractivity contribution is 1.47. The molecule has 1 aromatic rings. The summed E-state index contributed by atoms with van der Waals surface area (Å²) in [6.07, 6.45) is 0. The highest BCUT2D eigenvalue weighted by Gasteiger charge is 1.97. The molecule has 1 heteroatoms. The molecule has 0 spiro atoms. The van der Waals surface area contributed by atoms with E-state index in [0.717, 1.165) is 11.3 Å². The van der Waals surface area contributed by atoms with Crippen LogP contribution in [0.3, 0.4) is 0 Å². The minimum Gasteiger partial charge on any atom is -0.388 e. The second kappa shape index (κ2) is 6.30. The van der Waals surface area contributed by atoms with Gasteiger partial charge in [0.2, 0.25) is 0 Å². The van der Waals surface area contributed by atoms with Gasteiger partial charge in [0.25, 0.3) is 0 Å². The maximum absolute atomic E-state index is 3.89. The normalized spacial score (nSPS) is 8.31. The van der Waals surface area contributed by atoms with Gasteiger partial charge in [0.1, 0.15) is 0 Å². The van der Waals surface area contributed by atoms with E-state index in [2.05, 4.69) is 18.0 Å². The predicted molar refractivity (Wildman–Crippen MR) is 64.2 cm³/mol. The minimum atomic E-state index is 0. The summed E-state index contributed by atoms with van der Waals surface area (Å²) in [5.74, 6) is 0. The first-order valence-corrected chi connectivity index (χ1v) is 4.68. The molecule has 0 atom stereocenters. The number of nitrogens with one attached hydrogen (secondary N) is 1. The van der Waals surface area contributed by atoms with Crippen LogP contribution in [0.1, 0.15) is 27.8 Å². The third-order valence-corrected chi connectivity index (χ3v) is 1.66. The molecule has 1 aromatic carbocycles. The average Bonchev–Trinajstić information content (AvgIpc) is 2.20. The standard InChI is InChI=1S/C10H13N.C2H6.H2/c1-8(2)9-6-4-5-7-10(9)11-3;1-2;/h4-7,11H,1H2,2-3H3;1-2H3;1H. The summed E-state index contributed by atoms with van der Waals surface area (Å²) in [4.78, 5) is 0. The Morgan fingerprint density at radius 3 is 2.23 bits per heavy atom. The second-order valence-electron chi connectivity index (χ2n) is 2.58. The zero-order valence-electron chi connectivity index (χ0n) is 9.02. The van der Waals surface area contributed by atoms with Gasteiger partial charge in [-0.15, -0.1) is 0 Å². The maximum atomic E-state index is 3.89. The Bertz CT molecular complexity index is 269. The van der Waals surface area contributed by atoms with Gasteiger partial charge in [-0.3, -0.25) is 0 Å². The molecule has 1 rings (SSSR count). The summed E-state index contributed by atoms with van der Waals surface area (Å²) in [5, 5.41) is 3.12. The first kappa shape index (κ1) is 11.8. The summed E-state index contributed by atoms with van der Waals surface area (Å²) in [6, 6.07) is 8.14. The summed E-state index contributed by atoms with van der Waals surface area (Å²) in [6.45, 7) is 9.90. The predicted octanol–water partition coefficient (Wildman–Crippen LogP) is 4.03. The zero-order valence-corrected chi connectivity index (χ0v) is 9.02. The Labute approximate surface area is 83.0 Å². The molecule has 0 aromatic heterocycles. The van der Waals surface area contributed by atoms with Gasteiger partial charge < -0.3 is 5.32 Å². The van der Waals surface area contributed by atoms with Gasteiger partial charge in [0.05, 0.1) is 0 Å². The van der Waals surface area contributed by atoms with Crippen molar-refractivity contribution in [3.63, 3.8) is 0 Å². The largest absolute Gasteiger partial charge is 0.388 e. The van der Waals surface area contributed by atoms with E-state index in [1.165, 1.54) is 5.56 Å². The van der Waals surface area contributed by atoms with Crippen LogP contribution < -0.4 is 5.32 Å². The molecule has 13 heavy (non-hydrogen) atoms. The van der Waals surface area contributed by atoms with E-state index in [-0.39, 0.29) is 1.43 Å². The van der Waals surface area contributed by atoms with Crippen LogP contribution in [0, 0.1) is 0 Å². The number of anilines is 1. The SMILES string of the molecule is C=C(C)c1ccccc1NC.CC.[HH]. The van der Waals surface area contributed by atoms with Crippen molar-refractivity contribution in [2.45, 2.75) is 20.8 Å². The van der Waals surface area contributed by atoms with Crippen molar-refractivity contribution in [3.8, 4) is 0 Å². The minimum absolute atomic E-state index is 0. The van der Waals surface area contributed by atoms with Crippen LogP contribution in [0.4, 0.5) is 5.69 Å². The second-order valence-corrected chi connectivity index (χ2v) is 2.58. The van der Waals surface area contributed by atoms with E-state index < -0.39 is 0 Å². The summed E-state index contributed by atoms with van der Waals surface area (Å²) < 4.78 is 0.